The minimum absolute atomic E-state index is 0.0396. The Kier molecular flexibility index (Phi) is 9.96. The molecule has 3 heterocycles. The van der Waals surface area contributed by atoms with Gasteiger partial charge in [-0.3, -0.25) is 19.1 Å². The van der Waals surface area contributed by atoms with Crippen molar-refractivity contribution in [1.82, 2.24) is 30.1 Å². The van der Waals surface area contributed by atoms with E-state index in [-0.39, 0.29) is 43.6 Å². The summed E-state index contributed by atoms with van der Waals surface area (Å²) >= 11 is 0. The number of fused-ring (bicyclic) bond motifs is 2. The third-order valence-electron chi connectivity index (χ3n) is 9.32. The average molecular weight is 693 g/mol. The lowest BCUT2D eigenvalue weighted by molar-refractivity contribution is -0.132. The van der Waals surface area contributed by atoms with E-state index in [1.54, 1.807) is 30.0 Å². The molecular weight excluding hydrogens is 648 g/mol. The Morgan fingerprint density at radius 3 is 2.69 bits per heavy atom. The predicted octanol–water partition coefficient (Wildman–Crippen LogP) is 3.81. The number of sulfonamides is 1. The fraction of sp³-hybridized carbons (Fsp3) is 0.514. The van der Waals surface area contributed by atoms with E-state index >= 15 is 0 Å². The van der Waals surface area contributed by atoms with Gasteiger partial charge in [-0.1, -0.05) is 32.4 Å². The lowest BCUT2D eigenvalue weighted by atomic mass is 10.1. The van der Waals surface area contributed by atoms with Gasteiger partial charge in [0.25, 0.3) is 5.91 Å². The molecule has 6 rings (SSSR count). The van der Waals surface area contributed by atoms with Gasteiger partial charge in [0.2, 0.25) is 21.8 Å². The summed E-state index contributed by atoms with van der Waals surface area (Å²) in [5.41, 5.74) is 0.118. The molecule has 14 heteroatoms. The summed E-state index contributed by atoms with van der Waals surface area (Å²) in [6, 6.07) is 8.14. The van der Waals surface area contributed by atoms with E-state index in [0.717, 1.165) is 30.3 Å². The monoisotopic (exact) mass is 692 g/mol. The highest BCUT2D eigenvalue weighted by atomic mass is 32.2. The standard InChI is InChI=1S/C35H44N6O7S/c1-22(2)27-15-17-41(39-27)31-20-30(26-14-11-24(47-3)19-29(26)36-31)48-18-16-28-33(43)38-35(34(44)40-49(45,46)25-12-13-25)21-23(35)9-7-5-4-6-8-10-32(42)37-28/h7,9,11,14-15,17,19-20,22-23,25,28H,4-6,8,10,12-13,16,18,21H2,1-3H3,(H,37,42)(H,38,43)(H,40,44)/b9-7-/t23-,28+,35-/m1/s1. The Balaban J connectivity index is 1.23. The van der Waals surface area contributed by atoms with Crippen LogP contribution in [-0.2, 0) is 24.4 Å². The molecule has 49 heavy (non-hydrogen) atoms. The molecule has 262 valence electrons. The molecular formula is C35H44N6O7S. The molecule has 0 spiro atoms. The molecule has 0 bridgehead atoms. The Hall–Kier alpha value is -4.46. The van der Waals surface area contributed by atoms with Gasteiger partial charge in [-0.05, 0) is 62.6 Å². The van der Waals surface area contributed by atoms with Gasteiger partial charge in [-0.2, -0.15) is 5.10 Å². The fourth-order valence-corrected chi connectivity index (χ4v) is 7.44. The van der Waals surface area contributed by atoms with E-state index < -0.39 is 38.7 Å². The van der Waals surface area contributed by atoms with Crippen molar-refractivity contribution in [2.75, 3.05) is 13.7 Å². The average Bonchev–Trinajstić information content (AvgIpc) is 3.99. The van der Waals surface area contributed by atoms with Crippen LogP contribution >= 0.6 is 0 Å². The molecule has 3 N–H and O–H groups in total. The smallest absolute Gasteiger partial charge is 0.259 e. The Morgan fingerprint density at radius 2 is 1.96 bits per heavy atom. The second-order valence-electron chi connectivity index (χ2n) is 13.4. The summed E-state index contributed by atoms with van der Waals surface area (Å²) in [5, 5.41) is 10.5. The number of nitrogens with one attached hydrogen (secondary N) is 3. The number of aromatic nitrogens is 3. The number of allylic oxidation sites excluding steroid dienone is 1. The second kappa shape index (κ2) is 14.2. The van der Waals surface area contributed by atoms with Gasteiger partial charge < -0.3 is 20.1 Å². The van der Waals surface area contributed by atoms with Crippen LogP contribution in [0.3, 0.4) is 0 Å². The summed E-state index contributed by atoms with van der Waals surface area (Å²) in [5.74, 6) is -0.0705. The lowest BCUT2D eigenvalue weighted by Crippen LogP contribution is -2.57. The molecule has 2 aromatic heterocycles. The van der Waals surface area contributed by atoms with E-state index in [1.165, 1.54) is 0 Å². The third-order valence-corrected chi connectivity index (χ3v) is 11.1. The van der Waals surface area contributed by atoms with E-state index in [4.69, 9.17) is 14.5 Å². The highest BCUT2D eigenvalue weighted by Crippen LogP contribution is 2.46. The molecule has 13 nitrogen and oxygen atoms in total. The number of pyridine rings is 1. The number of nitrogens with zero attached hydrogens (tertiary/aromatic N) is 3. The SMILES string of the molecule is COc1ccc2c(OCC[C@@H]3NC(=O)CCCCC/C=C\[C@@H]4C[C@@]4(C(=O)NS(=O)(=O)C4CC4)NC3=O)cc(-n3ccc(C(C)C)n3)nc2c1. The van der Waals surface area contributed by atoms with Crippen LogP contribution in [0.25, 0.3) is 16.7 Å². The first kappa shape index (κ1) is 34.4. The first-order chi connectivity index (χ1) is 23.5. The zero-order chi connectivity index (χ0) is 34.8. The number of carbonyl (C=O) groups excluding carboxylic acids is 3. The van der Waals surface area contributed by atoms with Gasteiger partial charge in [0.05, 0.1) is 30.2 Å². The molecule has 0 radical (unpaired) electrons. The van der Waals surface area contributed by atoms with Gasteiger partial charge in [0.15, 0.2) is 5.82 Å². The minimum atomic E-state index is -3.83. The minimum Gasteiger partial charge on any atom is -0.497 e. The maximum Gasteiger partial charge on any atom is 0.259 e. The molecule has 2 aliphatic carbocycles. The Morgan fingerprint density at radius 1 is 1.14 bits per heavy atom. The van der Waals surface area contributed by atoms with Crippen molar-refractivity contribution in [1.29, 1.82) is 0 Å². The topological polar surface area (TPSA) is 171 Å². The van der Waals surface area contributed by atoms with Crippen LogP contribution in [0.15, 0.2) is 48.7 Å². The van der Waals surface area contributed by atoms with Crippen LogP contribution in [-0.4, -0.2) is 71.5 Å². The van der Waals surface area contributed by atoms with Crippen molar-refractivity contribution in [3.63, 3.8) is 0 Å². The molecule has 3 amide bonds. The Labute approximate surface area is 286 Å². The number of carbonyl (C=O) groups is 3. The summed E-state index contributed by atoms with van der Waals surface area (Å²) in [4.78, 5) is 45.0. The lowest BCUT2D eigenvalue weighted by Gasteiger charge is -2.24. The fourth-order valence-electron chi connectivity index (χ4n) is 6.08. The maximum atomic E-state index is 13.8. The number of benzene rings is 1. The number of hydrogen-bond acceptors (Lipinski definition) is 9. The van der Waals surface area contributed by atoms with Gasteiger partial charge in [0.1, 0.15) is 23.1 Å². The Bertz CT molecular complexity index is 1870. The summed E-state index contributed by atoms with van der Waals surface area (Å²) in [7, 11) is -2.25. The van der Waals surface area contributed by atoms with Gasteiger partial charge >= 0.3 is 0 Å². The van der Waals surface area contributed by atoms with Crippen LogP contribution in [0.2, 0.25) is 0 Å². The number of rotatable bonds is 10. The van der Waals surface area contributed by atoms with Crippen molar-refractivity contribution < 1.29 is 32.3 Å². The predicted molar refractivity (Wildman–Crippen MR) is 183 cm³/mol. The number of hydrogen-bond donors (Lipinski definition) is 3. The highest BCUT2D eigenvalue weighted by Gasteiger charge is 2.61. The van der Waals surface area contributed by atoms with Gasteiger partial charge in [0, 0.05) is 42.5 Å². The largest absolute Gasteiger partial charge is 0.497 e. The second-order valence-corrected chi connectivity index (χ2v) is 15.4. The zero-order valence-electron chi connectivity index (χ0n) is 28.1. The van der Waals surface area contributed by atoms with Crippen LogP contribution < -0.4 is 24.8 Å². The van der Waals surface area contributed by atoms with Gasteiger partial charge in [-0.15, -0.1) is 0 Å². The molecule has 0 saturated heterocycles. The first-order valence-electron chi connectivity index (χ1n) is 17.0. The first-order valence-corrected chi connectivity index (χ1v) is 18.6. The van der Waals surface area contributed by atoms with E-state index in [2.05, 4.69) is 34.3 Å². The molecule has 1 aromatic carbocycles. The normalized spacial score (nSPS) is 23.9. The third kappa shape index (κ3) is 7.90. The maximum absolute atomic E-state index is 13.8. The van der Waals surface area contributed by atoms with E-state index in [0.29, 0.717) is 42.1 Å². The van der Waals surface area contributed by atoms with E-state index in [9.17, 15) is 22.8 Å². The van der Waals surface area contributed by atoms with Crippen molar-refractivity contribution in [3.8, 4) is 17.3 Å². The van der Waals surface area contributed by atoms with Crippen LogP contribution in [0, 0.1) is 5.92 Å². The molecule has 3 aliphatic rings. The van der Waals surface area contributed by atoms with E-state index in [1.807, 2.05) is 30.5 Å². The molecule has 2 saturated carbocycles. The summed E-state index contributed by atoms with van der Waals surface area (Å²) < 4.78 is 40.9. The summed E-state index contributed by atoms with van der Waals surface area (Å²) in [6.45, 7) is 4.16. The molecule has 0 unspecified atom stereocenters. The zero-order valence-corrected chi connectivity index (χ0v) is 28.9. The number of ether oxygens (including phenoxy) is 2. The van der Waals surface area contributed by atoms with Crippen molar-refractivity contribution in [2.24, 2.45) is 5.92 Å². The number of amides is 3. The van der Waals surface area contributed by atoms with Crippen LogP contribution in [0.5, 0.6) is 11.5 Å². The molecule has 3 aromatic rings. The molecule has 1 aliphatic heterocycles. The summed E-state index contributed by atoms with van der Waals surface area (Å²) in [6.07, 6.45) is 10.5. The van der Waals surface area contributed by atoms with Crippen molar-refractivity contribution in [3.05, 3.63) is 54.4 Å². The quantitative estimate of drug-likeness (QED) is 0.268. The van der Waals surface area contributed by atoms with Crippen molar-refractivity contribution >= 4 is 38.6 Å². The molecule has 3 atom stereocenters. The van der Waals surface area contributed by atoms with Crippen LogP contribution in [0.4, 0.5) is 0 Å². The van der Waals surface area contributed by atoms with Crippen LogP contribution in [0.1, 0.15) is 83.2 Å². The van der Waals surface area contributed by atoms with Gasteiger partial charge in [-0.25, -0.2) is 18.1 Å². The molecule has 2 fully saturated rings. The highest BCUT2D eigenvalue weighted by molar-refractivity contribution is 7.91. The number of methoxy groups -OCH3 is 1. The van der Waals surface area contributed by atoms with Crippen molar-refractivity contribution in [2.45, 2.75) is 94.4 Å².